The van der Waals surface area contributed by atoms with E-state index in [9.17, 15) is 30.1 Å². The van der Waals surface area contributed by atoms with Gasteiger partial charge in [0.25, 0.3) is 0 Å². The van der Waals surface area contributed by atoms with Gasteiger partial charge in [-0.3, -0.25) is 10.1 Å². The number of nitrogens with zero attached hydrogens (tertiary/aromatic N) is 4. The Kier molecular flexibility index (Phi) is 4.21. The molecule has 0 radical (unpaired) electrons. The van der Waals surface area contributed by atoms with E-state index in [1.54, 1.807) is 6.07 Å². The van der Waals surface area contributed by atoms with Crippen molar-refractivity contribution in [3.63, 3.8) is 0 Å². The van der Waals surface area contributed by atoms with Crippen molar-refractivity contribution < 1.29 is 19.9 Å². The van der Waals surface area contributed by atoms with Crippen molar-refractivity contribution in [2.45, 2.75) is 12.1 Å². The van der Waals surface area contributed by atoms with Crippen molar-refractivity contribution in [3.8, 4) is 0 Å². The predicted molar refractivity (Wildman–Crippen MR) is 75.6 cm³/mol. The second kappa shape index (κ2) is 6.09. The number of rotatable bonds is 7. The van der Waals surface area contributed by atoms with Gasteiger partial charge in [0.2, 0.25) is 0 Å². The Morgan fingerprint density at radius 3 is 2.39 bits per heavy atom. The van der Waals surface area contributed by atoms with Gasteiger partial charge in [-0.1, -0.05) is 18.2 Å². The molecule has 0 fully saturated rings. The van der Waals surface area contributed by atoms with E-state index in [4.69, 9.17) is 0 Å². The summed E-state index contributed by atoms with van der Waals surface area (Å²) in [6, 6.07) is 6.81. The largest absolute Gasteiger partial charge is 0.474 e. The van der Waals surface area contributed by atoms with Gasteiger partial charge in [-0.2, -0.15) is 0 Å². The van der Waals surface area contributed by atoms with E-state index >= 15 is 0 Å². The summed E-state index contributed by atoms with van der Waals surface area (Å²) in [6.07, 6.45) is 1.59. The van der Waals surface area contributed by atoms with Gasteiger partial charge in [0, 0.05) is 11.9 Å². The van der Waals surface area contributed by atoms with Gasteiger partial charge in [-0.15, -0.1) is 0 Å². The molecule has 0 saturated carbocycles. The predicted octanol–water partition coefficient (Wildman–Crippen LogP) is 0.708. The van der Waals surface area contributed by atoms with Crippen LogP contribution in [0.15, 0.2) is 42.9 Å². The number of hydrazine groups is 1. The van der Waals surface area contributed by atoms with E-state index in [1.807, 2.05) is 0 Å². The number of benzene rings is 1. The van der Waals surface area contributed by atoms with E-state index in [0.717, 1.165) is 0 Å². The monoisotopic (exact) mass is 321 g/mol. The maximum absolute atomic E-state index is 11.7. The van der Waals surface area contributed by atoms with Crippen LogP contribution < -0.4 is 5.01 Å². The normalized spacial score (nSPS) is 13.0. The number of aliphatic carboxylic acids is 1. The minimum Gasteiger partial charge on any atom is -0.474 e. The van der Waals surface area contributed by atoms with Crippen LogP contribution in [-0.2, 0) is 11.2 Å². The average molecular weight is 321 g/mol. The molecule has 1 atom stereocenters. The smallest absolute Gasteiger partial charge is 0.449 e. The zero-order valence-corrected chi connectivity index (χ0v) is 11.5. The maximum Gasteiger partial charge on any atom is 0.449 e. The topological polar surface area (TPSA) is 156 Å². The standard InChI is InChI=1S/C12H11N5O6/c18-11(19)12(16(20)21,6-9-7-13-8-14-9)15(17(22)23)10-4-2-1-3-5-10/h1-5,7-8H,6H2,(H,13,14)(H,18,19)/t12-/m1/s1. The van der Waals surface area contributed by atoms with Gasteiger partial charge < -0.3 is 10.1 Å². The Bertz CT molecular complexity index is 703. The quantitative estimate of drug-likeness (QED) is 0.429. The summed E-state index contributed by atoms with van der Waals surface area (Å²) in [7, 11) is 0. The van der Waals surface area contributed by atoms with E-state index in [-0.39, 0.29) is 16.4 Å². The first-order valence-corrected chi connectivity index (χ1v) is 6.24. The Hall–Kier alpha value is -3.50. The molecular formula is C12H11N5O6. The summed E-state index contributed by atoms with van der Waals surface area (Å²) in [4.78, 5) is 39.6. The van der Waals surface area contributed by atoms with Gasteiger partial charge in [0.05, 0.1) is 17.7 Å². The Labute approximate surface area is 128 Å². The van der Waals surface area contributed by atoms with Gasteiger partial charge in [-0.05, 0) is 17.1 Å². The van der Waals surface area contributed by atoms with Crippen LogP contribution in [-0.4, -0.2) is 36.7 Å². The number of hydrogen-bond acceptors (Lipinski definition) is 6. The Morgan fingerprint density at radius 1 is 1.30 bits per heavy atom. The van der Waals surface area contributed by atoms with Crippen molar-refractivity contribution in [1.82, 2.24) is 9.97 Å². The highest BCUT2D eigenvalue weighted by Crippen LogP contribution is 2.28. The molecule has 0 aliphatic heterocycles. The van der Waals surface area contributed by atoms with E-state index in [0.29, 0.717) is 0 Å². The van der Waals surface area contributed by atoms with Crippen molar-refractivity contribution in [2.75, 3.05) is 5.01 Å². The fourth-order valence-electron chi connectivity index (χ4n) is 2.12. The first kappa shape index (κ1) is 15.9. The van der Waals surface area contributed by atoms with Crippen molar-refractivity contribution in [1.29, 1.82) is 0 Å². The number of hydrogen-bond donors (Lipinski definition) is 2. The lowest BCUT2D eigenvalue weighted by atomic mass is 10.0. The van der Waals surface area contributed by atoms with Crippen LogP contribution in [0, 0.1) is 20.2 Å². The van der Waals surface area contributed by atoms with E-state index in [2.05, 4.69) is 9.97 Å². The van der Waals surface area contributed by atoms with Crippen LogP contribution in [0.5, 0.6) is 0 Å². The minimum absolute atomic E-state index is 0.0379. The van der Waals surface area contributed by atoms with Crippen LogP contribution in [0.25, 0.3) is 0 Å². The molecule has 0 amide bonds. The average Bonchev–Trinajstić information content (AvgIpc) is 2.99. The van der Waals surface area contributed by atoms with Gasteiger partial charge in [0.1, 0.15) is 5.69 Å². The number of carbonyl (C=O) groups is 1. The highest BCUT2D eigenvalue weighted by atomic mass is 16.7. The summed E-state index contributed by atoms with van der Waals surface area (Å²) in [6.45, 7) is 0. The van der Waals surface area contributed by atoms with Gasteiger partial charge in [-0.25, -0.2) is 19.9 Å². The second-order valence-corrected chi connectivity index (χ2v) is 4.52. The summed E-state index contributed by atoms with van der Waals surface area (Å²) in [5.41, 5.74) is -3.18. The molecule has 2 rings (SSSR count). The lowest BCUT2D eigenvalue weighted by Gasteiger charge is -2.26. The molecule has 0 saturated heterocycles. The Balaban J connectivity index is 2.64. The Morgan fingerprint density at radius 2 is 1.96 bits per heavy atom. The summed E-state index contributed by atoms with van der Waals surface area (Å²) >= 11 is 0. The van der Waals surface area contributed by atoms with E-state index < -0.39 is 28.0 Å². The van der Waals surface area contributed by atoms with Crippen LogP contribution in [0.4, 0.5) is 5.69 Å². The summed E-state index contributed by atoms with van der Waals surface area (Å²) in [5, 5.41) is 31.4. The number of aromatic amines is 1. The minimum atomic E-state index is -3.03. The zero-order chi connectivity index (χ0) is 17.0. The number of H-pyrrole nitrogens is 1. The number of para-hydroxylation sites is 1. The summed E-state index contributed by atoms with van der Waals surface area (Å²) < 4.78 is 0. The molecule has 1 heterocycles. The third kappa shape index (κ3) is 2.79. The molecule has 23 heavy (non-hydrogen) atoms. The van der Waals surface area contributed by atoms with Crippen LogP contribution in [0.3, 0.4) is 0 Å². The van der Waals surface area contributed by atoms with Crippen LogP contribution >= 0.6 is 0 Å². The number of anilines is 1. The number of imidazole rings is 1. The molecular weight excluding hydrogens is 310 g/mol. The molecule has 0 spiro atoms. The SMILES string of the molecule is O=C(O)[C@](Cc1cnc[nH]1)(N(c1ccccc1)[N+](=O)[O-])[N+](=O)[O-]. The first-order valence-electron chi connectivity index (χ1n) is 6.24. The lowest BCUT2D eigenvalue weighted by molar-refractivity contribution is -0.624. The lowest BCUT2D eigenvalue weighted by Crippen LogP contribution is -2.64. The molecule has 1 aromatic heterocycles. The third-order valence-electron chi connectivity index (χ3n) is 3.15. The first-order chi connectivity index (χ1) is 10.9. The number of carboxylic acid groups (broad SMARTS) is 1. The fourth-order valence-corrected chi connectivity index (χ4v) is 2.12. The molecule has 2 N–H and O–H groups in total. The highest BCUT2D eigenvalue weighted by molar-refractivity contribution is 5.81. The molecule has 11 nitrogen and oxygen atoms in total. The second-order valence-electron chi connectivity index (χ2n) is 4.52. The van der Waals surface area contributed by atoms with Crippen molar-refractivity contribution in [3.05, 3.63) is 68.8 Å². The van der Waals surface area contributed by atoms with Gasteiger partial charge >= 0.3 is 11.6 Å². The van der Waals surface area contributed by atoms with E-state index in [1.165, 1.54) is 36.8 Å². The molecule has 0 unspecified atom stereocenters. The summed E-state index contributed by atoms with van der Waals surface area (Å²) in [5.74, 6) is -1.96. The molecule has 0 bridgehead atoms. The number of aromatic nitrogens is 2. The molecule has 120 valence electrons. The molecule has 11 heteroatoms. The highest BCUT2D eigenvalue weighted by Gasteiger charge is 2.64. The van der Waals surface area contributed by atoms with Gasteiger partial charge in [0.15, 0.2) is 5.03 Å². The molecule has 0 aliphatic rings. The van der Waals surface area contributed by atoms with Crippen molar-refractivity contribution >= 4 is 11.7 Å². The number of nitro groups is 2. The van der Waals surface area contributed by atoms with Crippen molar-refractivity contribution in [2.24, 2.45) is 0 Å². The fraction of sp³-hybridized carbons (Fsp3) is 0.167. The zero-order valence-electron chi connectivity index (χ0n) is 11.5. The molecule has 0 aliphatic carbocycles. The third-order valence-corrected chi connectivity index (χ3v) is 3.15. The van der Waals surface area contributed by atoms with Crippen LogP contribution in [0.2, 0.25) is 0 Å². The number of carboxylic acids is 1. The molecule has 1 aromatic carbocycles. The molecule has 2 aromatic rings. The van der Waals surface area contributed by atoms with Crippen LogP contribution in [0.1, 0.15) is 5.69 Å². The number of nitrogens with one attached hydrogen (secondary N) is 1. The maximum atomic E-state index is 11.7.